The van der Waals surface area contributed by atoms with E-state index in [4.69, 9.17) is 5.53 Å². The first-order valence-electron chi connectivity index (χ1n) is 2.75. The van der Waals surface area contributed by atoms with Gasteiger partial charge in [-0.15, -0.1) is 6.58 Å². The minimum atomic E-state index is -0.345. The lowest BCUT2D eigenvalue weighted by Gasteiger charge is -2.07. The molecule has 0 saturated carbocycles. The lowest BCUT2D eigenvalue weighted by Crippen LogP contribution is -2.27. The minimum absolute atomic E-state index is 0.345. The Morgan fingerprint density at radius 3 is 2.90 bits per heavy atom. The molecule has 0 aromatic rings. The molecule has 0 aromatic heterocycles. The van der Waals surface area contributed by atoms with Gasteiger partial charge in [-0.2, -0.15) is 4.79 Å². The molecule has 0 rings (SSSR count). The molecule has 0 aliphatic rings. The van der Waals surface area contributed by atoms with Crippen LogP contribution in [-0.2, 0) is 4.79 Å². The van der Waals surface area contributed by atoms with E-state index in [2.05, 4.69) is 11.4 Å². The molecule has 0 aromatic carbocycles. The van der Waals surface area contributed by atoms with E-state index in [1.807, 2.05) is 0 Å². The summed E-state index contributed by atoms with van der Waals surface area (Å²) in [6.07, 6.45) is 2.42. The van der Waals surface area contributed by atoms with Gasteiger partial charge in [0.25, 0.3) is 0 Å². The third-order valence-corrected chi connectivity index (χ3v) is 0.947. The summed E-state index contributed by atoms with van der Waals surface area (Å²) in [5.41, 5.74) is 7.95. The number of carbonyl (C=O) groups excluding carboxylic acids is 1. The van der Waals surface area contributed by atoms with Crippen LogP contribution in [0.4, 0.5) is 0 Å². The number of hydrogen-bond acceptors (Lipinski definition) is 1. The van der Waals surface area contributed by atoms with Crippen molar-refractivity contribution in [2.45, 2.75) is 0 Å². The molecule has 1 amide bonds. The van der Waals surface area contributed by atoms with Crippen LogP contribution >= 0.6 is 0 Å². The van der Waals surface area contributed by atoms with Gasteiger partial charge in [0.2, 0.25) is 0 Å². The molecule has 4 nitrogen and oxygen atoms in total. The maximum absolute atomic E-state index is 10.7. The molecule has 0 heterocycles. The third-order valence-electron chi connectivity index (χ3n) is 0.947. The number of nitrogens with zero attached hydrogens (tertiary/aromatic N) is 3. The summed E-state index contributed by atoms with van der Waals surface area (Å²) < 4.78 is 0. The van der Waals surface area contributed by atoms with E-state index < -0.39 is 0 Å². The molecule has 10 heavy (non-hydrogen) atoms. The Kier molecular flexibility index (Phi) is 3.84. The van der Waals surface area contributed by atoms with Crippen molar-refractivity contribution in [1.82, 2.24) is 4.90 Å². The standard InChI is InChI=1S/C6H9N3O/c1-3-4-9(2)6(10)5-8-7/h3,5H,1,4H2,2H3. The van der Waals surface area contributed by atoms with Gasteiger partial charge in [-0.3, -0.25) is 4.79 Å². The lowest BCUT2D eigenvalue weighted by molar-refractivity contribution is -0.125. The van der Waals surface area contributed by atoms with E-state index >= 15 is 0 Å². The van der Waals surface area contributed by atoms with Gasteiger partial charge in [-0.25, -0.2) is 0 Å². The predicted molar refractivity (Wildman–Crippen MR) is 37.5 cm³/mol. The first-order valence-corrected chi connectivity index (χ1v) is 2.75. The molecular weight excluding hydrogens is 130 g/mol. The molecule has 0 aliphatic heterocycles. The van der Waals surface area contributed by atoms with Crippen molar-refractivity contribution in [1.29, 1.82) is 0 Å². The van der Waals surface area contributed by atoms with Crippen molar-refractivity contribution in [3.05, 3.63) is 18.2 Å². The van der Waals surface area contributed by atoms with Crippen LogP contribution in [-0.4, -0.2) is 35.4 Å². The third kappa shape index (κ3) is 2.79. The molecule has 0 N–H and O–H groups in total. The monoisotopic (exact) mass is 139 g/mol. The summed E-state index contributed by atoms with van der Waals surface area (Å²) in [5, 5.41) is 0. The quantitative estimate of drug-likeness (QED) is 0.234. The van der Waals surface area contributed by atoms with Gasteiger partial charge in [0.1, 0.15) is 0 Å². The SMILES string of the molecule is C=CCN(C)C(=O)C=[N+]=[N-]. The van der Waals surface area contributed by atoms with E-state index in [9.17, 15) is 4.79 Å². The first kappa shape index (κ1) is 8.59. The molecule has 0 aliphatic carbocycles. The Morgan fingerprint density at radius 2 is 2.50 bits per heavy atom. The van der Waals surface area contributed by atoms with Gasteiger partial charge < -0.3 is 10.4 Å². The van der Waals surface area contributed by atoms with Gasteiger partial charge in [0.05, 0.1) is 0 Å². The summed E-state index contributed by atoms with van der Waals surface area (Å²) in [5.74, 6) is -0.345. The molecular formula is C6H9N3O. The maximum atomic E-state index is 10.7. The van der Waals surface area contributed by atoms with E-state index in [1.165, 1.54) is 4.90 Å². The van der Waals surface area contributed by atoms with Crippen molar-refractivity contribution >= 4 is 12.1 Å². The highest BCUT2D eigenvalue weighted by Crippen LogP contribution is 1.79. The zero-order chi connectivity index (χ0) is 7.98. The van der Waals surface area contributed by atoms with Crippen molar-refractivity contribution in [2.75, 3.05) is 13.6 Å². The topological polar surface area (TPSA) is 56.7 Å². The van der Waals surface area contributed by atoms with Crippen LogP contribution in [0.15, 0.2) is 12.7 Å². The summed E-state index contributed by atoms with van der Waals surface area (Å²) in [7, 11) is 1.59. The van der Waals surface area contributed by atoms with Gasteiger partial charge in [0.15, 0.2) is 0 Å². The molecule has 0 saturated heterocycles. The van der Waals surface area contributed by atoms with Crippen molar-refractivity contribution in [3.8, 4) is 0 Å². The van der Waals surface area contributed by atoms with Crippen LogP contribution in [0, 0.1) is 0 Å². The van der Waals surface area contributed by atoms with E-state index in [0.29, 0.717) is 6.54 Å². The normalized spacial score (nSPS) is 7.70. The Hall–Kier alpha value is -1.41. The van der Waals surface area contributed by atoms with Gasteiger partial charge in [0, 0.05) is 13.6 Å². The largest absolute Gasteiger partial charge is 0.361 e. The summed E-state index contributed by atoms with van der Waals surface area (Å²) >= 11 is 0. The Morgan fingerprint density at radius 1 is 1.90 bits per heavy atom. The average Bonchev–Trinajstić information content (AvgIpc) is 1.89. The average molecular weight is 139 g/mol. The number of rotatable bonds is 3. The molecule has 0 spiro atoms. The summed E-state index contributed by atoms with van der Waals surface area (Å²) in [4.78, 5) is 14.7. The number of likely N-dealkylation sites (N-methyl/N-ethyl adjacent to an activating group) is 1. The second-order valence-corrected chi connectivity index (χ2v) is 1.75. The Balaban J connectivity index is 3.93. The molecule has 0 unspecified atom stereocenters. The van der Waals surface area contributed by atoms with Crippen LogP contribution in [0.2, 0.25) is 0 Å². The Bertz CT molecular complexity index is 181. The second-order valence-electron chi connectivity index (χ2n) is 1.75. The van der Waals surface area contributed by atoms with Crippen LogP contribution < -0.4 is 0 Å². The van der Waals surface area contributed by atoms with Crippen molar-refractivity contribution in [3.63, 3.8) is 0 Å². The molecule has 0 radical (unpaired) electrons. The first-order chi connectivity index (χ1) is 4.72. The van der Waals surface area contributed by atoms with Crippen molar-refractivity contribution in [2.24, 2.45) is 0 Å². The highest BCUT2D eigenvalue weighted by molar-refractivity contribution is 6.23. The zero-order valence-corrected chi connectivity index (χ0v) is 5.82. The minimum Gasteiger partial charge on any atom is -0.361 e. The summed E-state index contributed by atoms with van der Waals surface area (Å²) in [6.45, 7) is 3.89. The number of hydrogen-bond donors (Lipinski definition) is 0. The predicted octanol–water partition coefficient (Wildman–Crippen LogP) is -0.0686. The number of carbonyl (C=O) groups is 1. The lowest BCUT2D eigenvalue weighted by atomic mass is 10.5. The second kappa shape index (κ2) is 4.47. The fraction of sp³-hybridized carbons (Fsp3) is 0.333. The van der Waals surface area contributed by atoms with Gasteiger partial charge in [-0.05, 0) is 0 Å². The molecule has 0 atom stereocenters. The smallest absolute Gasteiger partial charge is 0.344 e. The van der Waals surface area contributed by atoms with Crippen LogP contribution in [0.5, 0.6) is 0 Å². The van der Waals surface area contributed by atoms with Crippen molar-refractivity contribution < 1.29 is 9.58 Å². The Labute approximate surface area is 59.4 Å². The van der Waals surface area contributed by atoms with E-state index in [1.54, 1.807) is 13.1 Å². The zero-order valence-electron chi connectivity index (χ0n) is 5.82. The number of amides is 1. The fourth-order valence-corrected chi connectivity index (χ4v) is 0.432. The van der Waals surface area contributed by atoms with Gasteiger partial charge in [-0.1, -0.05) is 6.08 Å². The van der Waals surface area contributed by atoms with Crippen LogP contribution in [0.25, 0.3) is 5.53 Å². The van der Waals surface area contributed by atoms with Crippen LogP contribution in [0.3, 0.4) is 0 Å². The maximum Gasteiger partial charge on any atom is 0.344 e. The van der Waals surface area contributed by atoms with Gasteiger partial charge >= 0.3 is 12.1 Å². The highest BCUT2D eigenvalue weighted by atomic mass is 16.2. The molecule has 0 bridgehead atoms. The van der Waals surface area contributed by atoms with E-state index in [0.717, 1.165) is 6.21 Å². The molecule has 54 valence electrons. The molecule has 4 heteroatoms. The van der Waals surface area contributed by atoms with E-state index in [-0.39, 0.29) is 5.91 Å². The molecule has 0 fully saturated rings. The highest BCUT2D eigenvalue weighted by Gasteiger charge is 2.05. The fourth-order valence-electron chi connectivity index (χ4n) is 0.432. The summed E-state index contributed by atoms with van der Waals surface area (Å²) in [6, 6.07) is 0. The van der Waals surface area contributed by atoms with Crippen LogP contribution in [0.1, 0.15) is 0 Å².